The third-order valence-electron chi connectivity index (χ3n) is 6.18. The molecule has 36 heavy (non-hydrogen) atoms. The molecule has 1 saturated carbocycles. The highest BCUT2D eigenvalue weighted by Gasteiger charge is 2.37. The van der Waals surface area contributed by atoms with Crippen molar-refractivity contribution in [2.75, 3.05) is 25.1 Å². The van der Waals surface area contributed by atoms with Crippen LogP contribution < -0.4 is 4.90 Å². The standard InChI is InChI=1S/C24H28F6N4O2/c1-3-33(13-16-6-4-5-7-16)21-20(31-8-9-32-21)15-34(22(35)36-2)14-17-10-18(23(25,26)27)12-19(11-17)24(28,29)30/h8-12,16H,3-7,13-15H2,1-2H3. The van der Waals surface area contributed by atoms with E-state index in [0.717, 1.165) is 44.2 Å². The highest BCUT2D eigenvalue weighted by molar-refractivity contribution is 5.67. The van der Waals surface area contributed by atoms with Gasteiger partial charge in [0.05, 0.1) is 24.8 Å². The zero-order valence-corrected chi connectivity index (χ0v) is 20.0. The summed E-state index contributed by atoms with van der Waals surface area (Å²) in [7, 11) is 1.08. The molecule has 1 aromatic heterocycles. The molecular weight excluding hydrogens is 490 g/mol. The zero-order chi connectivity index (χ0) is 26.5. The van der Waals surface area contributed by atoms with Gasteiger partial charge in [0.15, 0.2) is 5.82 Å². The second-order valence-electron chi connectivity index (χ2n) is 8.76. The SMILES string of the molecule is CCN(CC1CCCC1)c1nccnc1CN(Cc1cc(C(F)(F)F)cc(C(F)(F)F)c1)C(=O)OC. The normalized spacial score (nSPS) is 14.7. The van der Waals surface area contributed by atoms with Crippen LogP contribution in [0.1, 0.15) is 55.0 Å². The number of carbonyl (C=O) groups excluding carboxylic acids is 1. The van der Waals surface area contributed by atoms with E-state index in [4.69, 9.17) is 4.74 Å². The van der Waals surface area contributed by atoms with Crippen LogP contribution in [0, 0.1) is 5.92 Å². The van der Waals surface area contributed by atoms with Gasteiger partial charge in [-0.2, -0.15) is 26.3 Å². The van der Waals surface area contributed by atoms with E-state index in [1.807, 2.05) is 11.8 Å². The first-order valence-corrected chi connectivity index (χ1v) is 11.6. The third kappa shape index (κ3) is 7.01. The Morgan fingerprint density at radius 3 is 2.08 bits per heavy atom. The lowest BCUT2D eigenvalue weighted by Crippen LogP contribution is -2.34. The second-order valence-corrected chi connectivity index (χ2v) is 8.76. The number of anilines is 1. The molecule has 3 rings (SSSR count). The van der Waals surface area contributed by atoms with Crippen LogP contribution in [0.5, 0.6) is 0 Å². The molecule has 0 radical (unpaired) electrons. The number of halogens is 6. The zero-order valence-electron chi connectivity index (χ0n) is 20.0. The fourth-order valence-electron chi connectivity index (χ4n) is 4.43. The number of hydrogen-bond donors (Lipinski definition) is 0. The minimum absolute atomic E-state index is 0.0505. The molecule has 0 spiro atoms. The van der Waals surface area contributed by atoms with Crippen molar-refractivity contribution in [3.63, 3.8) is 0 Å². The van der Waals surface area contributed by atoms with Gasteiger partial charge < -0.3 is 9.64 Å². The van der Waals surface area contributed by atoms with Gasteiger partial charge in [-0.25, -0.2) is 9.78 Å². The average Bonchev–Trinajstić information content (AvgIpc) is 3.34. The molecule has 0 aliphatic heterocycles. The van der Waals surface area contributed by atoms with Crippen LogP contribution in [0.4, 0.5) is 37.0 Å². The Bertz CT molecular complexity index is 1010. The molecule has 0 unspecified atom stereocenters. The number of ether oxygens (including phenoxy) is 1. The minimum atomic E-state index is -4.99. The number of methoxy groups -OCH3 is 1. The summed E-state index contributed by atoms with van der Waals surface area (Å²) < 4.78 is 84.5. The third-order valence-corrected chi connectivity index (χ3v) is 6.18. The summed E-state index contributed by atoms with van der Waals surface area (Å²) in [6, 6.07) is 1.25. The van der Waals surface area contributed by atoms with Gasteiger partial charge in [0.1, 0.15) is 5.69 Å². The number of amides is 1. The topological polar surface area (TPSA) is 58.6 Å². The van der Waals surface area contributed by atoms with Crippen molar-refractivity contribution in [3.8, 4) is 0 Å². The summed E-state index contributed by atoms with van der Waals surface area (Å²) >= 11 is 0. The average molecular weight is 519 g/mol. The molecule has 1 aromatic carbocycles. The minimum Gasteiger partial charge on any atom is -0.453 e. The number of nitrogens with zero attached hydrogens (tertiary/aromatic N) is 4. The summed E-state index contributed by atoms with van der Waals surface area (Å²) in [5.41, 5.74) is -2.88. The highest BCUT2D eigenvalue weighted by atomic mass is 19.4. The van der Waals surface area contributed by atoms with Gasteiger partial charge >= 0.3 is 18.4 Å². The van der Waals surface area contributed by atoms with Crippen molar-refractivity contribution in [2.24, 2.45) is 5.92 Å². The molecule has 1 aliphatic rings. The van der Waals surface area contributed by atoms with Crippen molar-refractivity contribution in [1.29, 1.82) is 0 Å². The lowest BCUT2D eigenvalue weighted by molar-refractivity contribution is -0.143. The first-order chi connectivity index (χ1) is 16.9. The molecule has 12 heteroatoms. The molecule has 0 saturated heterocycles. The monoisotopic (exact) mass is 518 g/mol. The number of benzene rings is 1. The Labute approximate surface area is 205 Å². The summed E-state index contributed by atoms with van der Waals surface area (Å²) in [4.78, 5) is 24.3. The Hall–Kier alpha value is -3.05. The highest BCUT2D eigenvalue weighted by Crippen LogP contribution is 2.37. The Kier molecular flexibility index (Phi) is 8.67. The van der Waals surface area contributed by atoms with Crippen molar-refractivity contribution in [1.82, 2.24) is 14.9 Å². The molecule has 0 atom stereocenters. The molecular formula is C24H28F6N4O2. The summed E-state index contributed by atoms with van der Waals surface area (Å²) in [5, 5.41) is 0. The first kappa shape index (κ1) is 27.5. The molecule has 1 fully saturated rings. The van der Waals surface area contributed by atoms with Crippen LogP contribution in [-0.4, -0.2) is 41.2 Å². The lowest BCUT2D eigenvalue weighted by Gasteiger charge is -2.28. The number of carbonyl (C=O) groups is 1. The van der Waals surface area contributed by atoms with Crippen molar-refractivity contribution in [2.45, 2.75) is 58.0 Å². The smallest absolute Gasteiger partial charge is 0.416 e. The maximum absolute atomic E-state index is 13.3. The van der Waals surface area contributed by atoms with Crippen LogP contribution in [0.15, 0.2) is 30.6 Å². The summed E-state index contributed by atoms with van der Waals surface area (Å²) in [5.74, 6) is 1.00. The molecule has 0 N–H and O–H groups in total. The van der Waals surface area contributed by atoms with Crippen LogP contribution in [0.2, 0.25) is 0 Å². The van der Waals surface area contributed by atoms with E-state index >= 15 is 0 Å². The van der Waals surface area contributed by atoms with Crippen LogP contribution in [0.3, 0.4) is 0 Å². The van der Waals surface area contributed by atoms with Gasteiger partial charge in [-0.15, -0.1) is 0 Å². The predicted octanol–water partition coefficient (Wildman–Crippen LogP) is 6.30. The molecule has 198 valence electrons. The van der Waals surface area contributed by atoms with E-state index in [1.165, 1.54) is 12.4 Å². The first-order valence-electron chi connectivity index (χ1n) is 11.6. The van der Waals surface area contributed by atoms with Gasteiger partial charge in [0.2, 0.25) is 0 Å². The summed E-state index contributed by atoms with van der Waals surface area (Å²) in [6.45, 7) is 2.54. The van der Waals surface area contributed by atoms with Crippen molar-refractivity contribution >= 4 is 11.9 Å². The number of hydrogen-bond acceptors (Lipinski definition) is 5. The number of rotatable bonds is 8. The van der Waals surface area contributed by atoms with Gasteiger partial charge in [-0.05, 0) is 49.4 Å². The van der Waals surface area contributed by atoms with Crippen molar-refractivity contribution < 1.29 is 35.9 Å². The van der Waals surface area contributed by atoms with Gasteiger partial charge in [0.25, 0.3) is 0 Å². The van der Waals surface area contributed by atoms with Crippen LogP contribution in [0.25, 0.3) is 0 Å². The van der Waals surface area contributed by atoms with E-state index in [2.05, 4.69) is 9.97 Å². The van der Waals surface area contributed by atoms with E-state index < -0.39 is 36.1 Å². The van der Waals surface area contributed by atoms with E-state index in [1.54, 1.807) is 0 Å². The fourth-order valence-corrected chi connectivity index (χ4v) is 4.43. The van der Waals surface area contributed by atoms with E-state index in [9.17, 15) is 31.1 Å². The second kappa shape index (κ2) is 11.3. The lowest BCUT2D eigenvalue weighted by atomic mass is 10.0. The number of aromatic nitrogens is 2. The molecule has 1 heterocycles. The maximum atomic E-state index is 13.3. The van der Waals surface area contributed by atoms with Gasteiger partial charge in [0, 0.05) is 32.0 Å². The fraction of sp³-hybridized carbons (Fsp3) is 0.542. The molecule has 6 nitrogen and oxygen atoms in total. The molecule has 2 aromatic rings. The van der Waals surface area contributed by atoms with Crippen molar-refractivity contribution in [3.05, 3.63) is 53.0 Å². The van der Waals surface area contributed by atoms with E-state index in [0.29, 0.717) is 36.1 Å². The Balaban J connectivity index is 1.92. The number of alkyl halides is 6. The van der Waals surface area contributed by atoms with Gasteiger partial charge in [-0.1, -0.05) is 12.8 Å². The van der Waals surface area contributed by atoms with Crippen LogP contribution >= 0.6 is 0 Å². The Morgan fingerprint density at radius 1 is 0.972 bits per heavy atom. The van der Waals surface area contributed by atoms with Gasteiger partial charge in [-0.3, -0.25) is 9.88 Å². The van der Waals surface area contributed by atoms with Crippen LogP contribution in [-0.2, 0) is 30.2 Å². The maximum Gasteiger partial charge on any atom is 0.416 e. The predicted molar refractivity (Wildman–Crippen MR) is 120 cm³/mol. The quantitative estimate of drug-likeness (QED) is 0.384. The molecule has 0 bridgehead atoms. The molecule has 1 aliphatic carbocycles. The Morgan fingerprint density at radius 2 is 1.56 bits per heavy atom. The van der Waals surface area contributed by atoms with E-state index in [-0.39, 0.29) is 18.2 Å². The summed E-state index contributed by atoms with van der Waals surface area (Å²) in [6.07, 6.45) is -3.49. The largest absolute Gasteiger partial charge is 0.453 e. The molecule has 1 amide bonds.